The van der Waals surface area contributed by atoms with Crippen LogP contribution in [0.1, 0.15) is 25.7 Å². The number of carbonyl (C=O) groups is 1. The molecule has 1 aliphatic heterocycles. The van der Waals surface area contributed by atoms with Crippen LogP contribution in [0.15, 0.2) is 18.7 Å². The van der Waals surface area contributed by atoms with E-state index in [4.69, 9.17) is 0 Å². The van der Waals surface area contributed by atoms with Gasteiger partial charge < -0.3 is 15.2 Å². The van der Waals surface area contributed by atoms with Crippen LogP contribution in [0, 0.1) is 5.92 Å². The third-order valence-electron chi connectivity index (χ3n) is 4.03. The molecule has 1 amide bonds. The quantitative estimate of drug-likeness (QED) is 0.815. The van der Waals surface area contributed by atoms with Gasteiger partial charge in [0, 0.05) is 25.5 Å². The van der Waals surface area contributed by atoms with Gasteiger partial charge in [-0.25, -0.2) is 4.98 Å². The summed E-state index contributed by atoms with van der Waals surface area (Å²) in [6.45, 7) is 2.52. The van der Waals surface area contributed by atoms with Crippen LogP contribution < -0.4 is 10.6 Å². The lowest BCUT2D eigenvalue weighted by atomic mass is 9.88. The molecule has 2 fully saturated rings. The summed E-state index contributed by atoms with van der Waals surface area (Å²) in [6.07, 6.45) is 9.81. The van der Waals surface area contributed by atoms with Crippen LogP contribution in [-0.4, -0.2) is 35.1 Å². The average molecular weight is 248 g/mol. The number of nitrogens with zero attached hydrogens (tertiary/aromatic N) is 2. The van der Waals surface area contributed by atoms with Crippen molar-refractivity contribution in [3.05, 3.63) is 18.7 Å². The number of amides is 1. The zero-order chi connectivity index (χ0) is 12.4. The van der Waals surface area contributed by atoms with Gasteiger partial charge >= 0.3 is 0 Å². The summed E-state index contributed by atoms with van der Waals surface area (Å²) in [7, 11) is 0. The zero-order valence-corrected chi connectivity index (χ0v) is 10.6. The van der Waals surface area contributed by atoms with Crippen molar-refractivity contribution in [2.24, 2.45) is 5.92 Å². The fourth-order valence-corrected chi connectivity index (χ4v) is 2.66. The molecule has 2 aliphatic rings. The normalized spacial score (nSPS) is 28.0. The highest BCUT2D eigenvalue weighted by atomic mass is 16.2. The van der Waals surface area contributed by atoms with Crippen LogP contribution in [0.3, 0.4) is 0 Å². The molecule has 0 spiro atoms. The highest BCUT2D eigenvalue weighted by molar-refractivity contribution is 5.85. The van der Waals surface area contributed by atoms with Gasteiger partial charge in [-0.2, -0.15) is 0 Å². The van der Waals surface area contributed by atoms with Crippen molar-refractivity contribution < 1.29 is 4.79 Å². The third-order valence-corrected chi connectivity index (χ3v) is 4.03. The Labute approximate surface area is 107 Å². The number of rotatable bonds is 4. The smallest absolute Gasteiger partial charge is 0.247 e. The summed E-state index contributed by atoms with van der Waals surface area (Å²) in [5.74, 6) is 0.852. The van der Waals surface area contributed by atoms with E-state index in [0.717, 1.165) is 25.9 Å². The fourth-order valence-electron chi connectivity index (χ4n) is 2.66. The molecule has 0 bridgehead atoms. The Morgan fingerprint density at radius 1 is 1.56 bits per heavy atom. The van der Waals surface area contributed by atoms with E-state index in [-0.39, 0.29) is 5.91 Å². The first-order valence-electron chi connectivity index (χ1n) is 6.79. The molecule has 1 saturated carbocycles. The first kappa shape index (κ1) is 11.7. The number of nitrogens with one attached hydrogen (secondary N) is 2. The maximum atomic E-state index is 12.6. The van der Waals surface area contributed by atoms with Gasteiger partial charge in [0.05, 0.1) is 6.33 Å². The molecule has 1 aromatic rings. The van der Waals surface area contributed by atoms with Crippen LogP contribution in [0.5, 0.6) is 0 Å². The standard InChI is InChI=1S/C13H20N4O/c18-12(16-8-11-2-3-11)13(4-1-5-14-9-13)17-7-6-15-10-17/h6-7,10-11,14H,1-5,8-9H2,(H,16,18). The topological polar surface area (TPSA) is 59.0 Å². The van der Waals surface area contributed by atoms with Crippen molar-refractivity contribution in [1.82, 2.24) is 20.2 Å². The molecule has 0 aromatic carbocycles. The lowest BCUT2D eigenvalue weighted by Crippen LogP contribution is -2.57. The number of imidazole rings is 1. The van der Waals surface area contributed by atoms with Crippen molar-refractivity contribution in [3.8, 4) is 0 Å². The molecule has 0 radical (unpaired) electrons. The summed E-state index contributed by atoms with van der Waals surface area (Å²) in [4.78, 5) is 16.6. The van der Waals surface area contributed by atoms with E-state index in [1.807, 2.05) is 10.8 Å². The molecule has 1 aliphatic carbocycles. The Hall–Kier alpha value is -1.36. The zero-order valence-electron chi connectivity index (χ0n) is 10.6. The SMILES string of the molecule is O=C(NCC1CC1)C1(n2ccnc2)CCCNC1. The number of aromatic nitrogens is 2. The van der Waals surface area contributed by atoms with Crippen molar-refractivity contribution in [2.45, 2.75) is 31.2 Å². The van der Waals surface area contributed by atoms with Gasteiger partial charge in [-0.1, -0.05) is 0 Å². The van der Waals surface area contributed by atoms with Gasteiger partial charge in [-0.15, -0.1) is 0 Å². The molecular weight excluding hydrogens is 228 g/mol. The predicted molar refractivity (Wildman–Crippen MR) is 68.0 cm³/mol. The van der Waals surface area contributed by atoms with Gasteiger partial charge in [-0.05, 0) is 38.1 Å². The number of carbonyl (C=O) groups excluding carboxylic acids is 1. The Morgan fingerprint density at radius 2 is 2.44 bits per heavy atom. The molecule has 1 unspecified atom stereocenters. The molecule has 5 heteroatoms. The number of hydrogen-bond acceptors (Lipinski definition) is 3. The van der Waals surface area contributed by atoms with E-state index in [1.54, 1.807) is 12.5 Å². The molecule has 1 atom stereocenters. The van der Waals surface area contributed by atoms with E-state index in [9.17, 15) is 4.79 Å². The summed E-state index contributed by atoms with van der Waals surface area (Å²) in [5.41, 5.74) is -0.482. The van der Waals surface area contributed by atoms with Crippen LogP contribution >= 0.6 is 0 Å². The van der Waals surface area contributed by atoms with Crippen molar-refractivity contribution in [3.63, 3.8) is 0 Å². The van der Waals surface area contributed by atoms with E-state index in [1.165, 1.54) is 12.8 Å². The van der Waals surface area contributed by atoms with Crippen molar-refractivity contribution in [1.29, 1.82) is 0 Å². The predicted octanol–water partition coefficient (Wildman–Crippen LogP) is 0.488. The second kappa shape index (κ2) is 4.72. The molecule has 2 N–H and O–H groups in total. The lowest BCUT2D eigenvalue weighted by Gasteiger charge is -2.37. The van der Waals surface area contributed by atoms with E-state index in [2.05, 4.69) is 15.6 Å². The Balaban J connectivity index is 1.77. The molecule has 1 aromatic heterocycles. The maximum absolute atomic E-state index is 12.6. The molecule has 1 saturated heterocycles. The summed E-state index contributed by atoms with van der Waals surface area (Å²) >= 11 is 0. The van der Waals surface area contributed by atoms with Gasteiger partial charge in [0.15, 0.2) is 0 Å². The lowest BCUT2D eigenvalue weighted by molar-refractivity contribution is -0.131. The monoisotopic (exact) mass is 248 g/mol. The average Bonchev–Trinajstić information content (AvgIpc) is 3.08. The Bertz CT molecular complexity index is 405. The Morgan fingerprint density at radius 3 is 3.06 bits per heavy atom. The Kier molecular flexibility index (Phi) is 3.07. The van der Waals surface area contributed by atoms with Gasteiger partial charge in [0.25, 0.3) is 0 Å². The highest BCUT2D eigenvalue weighted by Gasteiger charge is 2.41. The molecule has 98 valence electrons. The van der Waals surface area contributed by atoms with Crippen LogP contribution in [-0.2, 0) is 10.3 Å². The summed E-state index contributed by atoms with van der Waals surface area (Å²) in [5, 5.41) is 6.45. The molecule has 18 heavy (non-hydrogen) atoms. The molecule has 3 rings (SSSR count). The first-order chi connectivity index (χ1) is 8.81. The minimum atomic E-state index is -0.482. The van der Waals surface area contributed by atoms with Gasteiger partial charge in [-0.3, -0.25) is 4.79 Å². The minimum absolute atomic E-state index is 0.139. The van der Waals surface area contributed by atoms with Crippen LogP contribution in [0.2, 0.25) is 0 Å². The van der Waals surface area contributed by atoms with Crippen LogP contribution in [0.4, 0.5) is 0 Å². The minimum Gasteiger partial charge on any atom is -0.354 e. The van der Waals surface area contributed by atoms with Gasteiger partial charge in [0.2, 0.25) is 5.91 Å². The van der Waals surface area contributed by atoms with Gasteiger partial charge in [0.1, 0.15) is 5.54 Å². The first-order valence-corrected chi connectivity index (χ1v) is 6.79. The van der Waals surface area contributed by atoms with E-state index >= 15 is 0 Å². The van der Waals surface area contributed by atoms with E-state index < -0.39 is 5.54 Å². The van der Waals surface area contributed by atoms with Crippen molar-refractivity contribution in [2.75, 3.05) is 19.6 Å². The second-order valence-electron chi connectivity index (χ2n) is 5.44. The third kappa shape index (κ3) is 2.14. The number of hydrogen-bond donors (Lipinski definition) is 2. The molecule has 2 heterocycles. The van der Waals surface area contributed by atoms with E-state index in [0.29, 0.717) is 12.5 Å². The fraction of sp³-hybridized carbons (Fsp3) is 0.692. The summed E-state index contributed by atoms with van der Waals surface area (Å²) < 4.78 is 1.96. The maximum Gasteiger partial charge on any atom is 0.247 e. The summed E-state index contributed by atoms with van der Waals surface area (Å²) in [6, 6.07) is 0. The second-order valence-corrected chi connectivity index (χ2v) is 5.44. The number of piperidine rings is 1. The van der Waals surface area contributed by atoms with Crippen LogP contribution in [0.25, 0.3) is 0 Å². The molecular formula is C13H20N4O. The largest absolute Gasteiger partial charge is 0.354 e. The highest BCUT2D eigenvalue weighted by Crippen LogP contribution is 2.29. The van der Waals surface area contributed by atoms with Crippen molar-refractivity contribution >= 4 is 5.91 Å². The molecule has 5 nitrogen and oxygen atoms in total.